The van der Waals surface area contributed by atoms with Crippen LogP contribution in [0.1, 0.15) is 17.3 Å². The molecule has 0 unspecified atom stereocenters. The van der Waals surface area contributed by atoms with Crippen molar-refractivity contribution >= 4 is 28.9 Å². The summed E-state index contributed by atoms with van der Waals surface area (Å²) in [7, 11) is 0. The number of aromatic nitrogens is 1. The minimum absolute atomic E-state index is 0.0274. The third-order valence-electron chi connectivity index (χ3n) is 3.72. The molecule has 0 saturated heterocycles. The first-order valence-electron chi connectivity index (χ1n) is 8.42. The molecule has 6 heteroatoms. The molecule has 0 saturated carbocycles. The minimum Gasteiger partial charge on any atom is -0.484 e. The number of para-hydroxylation sites is 1. The van der Waals surface area contributed by atoms with Gasteiger partial charge in [-0.05, 0) is 55.5 Å². The molecule has 2 aromatic carbocycles. The predicted molar refractivity (Wildman–Crippen MR) is 105 cm³/mol. The maximum atomic E-state index is 11.9. The van der Waals surface area contributed by atoms with Gasteiger partial charge in [0.05, 0.1) is 11.9 Å². The summed E-state index contributed by atoms with van der Waals surface area (Å²) in [6.45, 7) is 1.44. The lowest BCUT2D eigenvalue weighted by Gasteiger charge is -2.09. The summed E-state index contributed by atoms with van der Waals surface area (Å²) in [6, 6.07) is 19.8. The Bertz CT molecular complexity index is 908. The van der Waals surface area contributed by atoms with Crippen LogP contribution in [0, 0.1) is 0 Å². The summed E-state index contributed by atoms with van der Waals surface area (Å²) < 4.78 is 5.39. The number of anilines is 3. The molecule has 0 spiro atoms. The van der Waals surface area contributed by atoms with Crippen molar-refractivity contribution in [2.45, 2.75) is 6.92 Å². The fourth-order valence-electron chi connectivity index (χ4n) is 2.34. The van der Waals surface area contributed by atoms with Crippen LogP contribution in [0.15, 0.2) is 72.9 Å². The molecule has 1 amide bonds. The highest BCUT2D eigenvalue weighted by Gasteiger charge is 2.05. The Balaban J connectivity index is 1.52. The first kappa shape index (κ1) is 18.1. The van der Waals surface area contributed by atoms with Crippen molar-refractivity contribution in [2.24, 2.45) is 0 Å². The van der Waals surface area contributed by atoms with Crippen molar-refractivity contribution in [3.63, 3.8) is 0 Å². The maximum absolute atomic E-state index is 11.9. The second-order valence-electron chi connectivity index (χ2n) is 5.84. The van der Waals surface area contributed by atoms with Gasteiger partial charge in [0.25, 0.3) is 5.91 Å². The molecule has 6 nitrogen and oxygen atoms in total. The summed E-state index contributed by atoms with van der Waals surface area (Å²) in [5.41, 5.74) is 2.27. The molecule has 0 aliphatic heterocycles. The zero-order chi connectivity index (χ0) is 19.1. The Morgan fingerprint density at radius 2 is 1.63 bits per heavy atom. The monoisotopic (exact) mass is 361 g/mol. The highest BCUT2D eigenvalue weighted by molar-refractivity contribution is 5.94. The standard InChI is InChI=1S/C21H19N3O3/c1-15(25)16-7-9-17(10-8-16)23-18-11-12-20(22-13-18)24-21(26)14-27-19-5-3-2-4-6-19/h2-13,23H,14H2,1H3,(H,22,24,26). The first-order valence-corrected chi connectivity index (χ1v) is 8.42. The van der Waals surface area contributed by atoms with Gasteiger partial charge in [-0.15, -0.1) is 0 Å². The third-order valence-corrected chi connectivity index (χ3v) is 3.72. The Kier molecular flexibility index (Phi) is 5.79. The molecule has 0 bridgehead atoms. The Labute approximate surface area is 157 Å². The van der Waals surface area contributed by atoms with E-state index < -0.39 is 0 Å². The molecular formula is C21H19N3O3. The fraction of sp³-hybridized carbons (Fsp3) is 0.0952. The number of nitrogens with zero attached hydrogens (tertiary/aromatic N) is 1. The topological polar surface area (TPSA) is 80.3 Å². The molecule has 1 aromatic heterocycles. The van der Waals surface area contributed by atoms with E-state index in [4.69, 9.17) is 4.74 Å². The number of Topliss-reactive ketones (excluding diaryl/α,β-unsaturated/α-hetero) is 1. The molecular weight excluding hydrogens is 342 g/mol. The molecule has 0 fully saturated rings. The van der Waals surface area contributed by atoms with Gasteiger partial charge >= 0.3 is 0 Å². The van der Waals surface area contributed by atoms with Gasteiger partial charge in [-0.1, -0.05) is 18.2 Å². The van der Waals surface area contributed by atoms with Crippen molar-refractivity contribution < 1.29 is 14.3 Å². The zero-order valence-electron chi connectivity index (χ0n) is 14.8. The lowest BCUT2D eigenvalue weighted by molar-refractivity contribution is -0.118. The second-order valence-corrected chi connectivity index (χ2v) is 5.84. The molecule has 0 aliphatic rings. The molecule has 3 rings (SSSR count). The molecule has 0 radical (unpaired) electrons. The van der Waals surface area contributed by atoms with Gasteiger partial charge in [-0.25, -0.2) is 4.98 Å². The van der Waals surface area contributed by atoms with Crippen molar-refractivity contribution in [2.75, 3.05) is 17.2 Å². The molecule has 27 heavy (non-hydrogen) atoms. The van der Waals surface area contributed by atoms with Gasteiger partial charge in [0.2, 0.25) is 0 Å². The largest absolute Gasteiger partial charge is 0.484 e. The van der Waals surface area contributed by atoms with E-state index in [1.807, 2.05) is 30.3 Å². The average molecular weight is 361 g/mol. The molecule has 0 aliphatic carbocycles. The Hall–Kier alpha value is -3.67. The van der Waals surface area contributed by atoms with Crippen LogP contribution in [0.2, 0.25) is 0 Å². The Morgan fingerprint density at radius 3 is 2.26 bits per heavy atom. The van der Waals surface area contributed by atoms with E-state index in [0.717, 1.165) is 11.4 Å². The van der Waals surface area contributed by atoms with Crippen LogP contribution in [0.5, 0.6) is 5.75 Å². The molecule has 3 aromatic rings. The third kappa shape index (κ3) is 5.40. The number of benzene rings is 2. The van der Waals surface area contributed by atoms with E-state index in [9.17, 15) is 9.59 Å². The molecule has 136 valence electrons. The SMILES string of the molecule is CC(=O)c1ccc(Nc2ccc(NC(=O)COc3ccccc3)nc2)cc1. The number of hydrogen-bond acceptors (Lipinski definition) is 5. The number of hydrogen-bond donors (Lipinski definition) is 2. The lowest BCUT2D eigenvalue weighted by Crippen LogP contribution is -2.20. The van der Waals surface area contributed by atoms with E-state index in [2.05, 4.69) is 15.6 Å². The number of pyridine rings is 1. The van der Waals surface area contributed by atoms with Crippen LogP contribution in [0.25, 0.3) is 0 Å². The quantitative estimate of drug-likeness (QED) is 0.621. The van der Waals surface area contributed by atoms with Crippen molar-refractivity contribution in [3.8, 4) is 5.75 Å². The van der Waals surface area contributed by atoms with Crippen LogP contribution < -0.4 is 15.4 Å². The van der Waals surface area contributed by atoms with E-state index in [0.29, 0.717) is 17.1 Å². The molecule has 0 atom stereocenters. The summed E-state index contributed by atoms with van der Waals surface area (Å²) in [5, 5.41) is 5.87. The van der Waals surface area contributed by atoms with E-state index in [-0.39, 0.29) is 18.3 Å². The number of carbonyl (C=O) groups is 2. The number of nitrogens with one attached hydrogen (secondary N) is 2. The van der Waals surface area contributed by atoms with Crippen molar-refractivity contribution in [1.82, 2.24) is 4.98 Å². The van der Waals surface area contributed by atoms with Crippen LogP contribution in [0.3, 0.4) is 0 Å². The van der Waals surface area contributed by atoms with Gasteiger partial charge in [0.15, 0.2) is 12.4 Å². The summed E-state index contributed by atoms with van der Waals surface area (Å²) in [6.07, 6.45) is 1.62. The second kappa shape index (κ2) is 8.62. The highest BCUT2D eigenvalue weighted by Crippen LogP contribution is 2.18. The van der Waals surface area contributed by atoms with Crippen LogP contribution in [-0.2, 0) is 4.79 Å². The number of ether oxygens (including phenoxy) is 1. The summed E-state index contributed by atoms with van der Waals surface area (Å²) in [4.78, 5) is 27.4. The molecule has 2 N–H and O–H groups in total. The zero-order valence-corrected chi connectivity index (χ0v) is 14.8. The van der Waals surface area contributed by atoms with Crippen molar-refractivity contribution in [3.05, 3.63) is 78.5 Å². The lowest BCUT2D eigenvalue weighted by atomic mass is 10.1. The van der Waals surface area contributed by atoms with E-state index in [1.54, 1.807) is 42.6 Å². The van der Waals surface area contributed by atoms with Gasteiger partial charge in [0, 0.05) is 11.3 Å². The van der Waals surface area contributed by atoms with Crippen LogP contribution >= 0.6 is 0 Å². The first-order chi connectivity index (χ1) is 13.1. The number of amides is 1. The normalized spacial score (nSPS) is 10.1. The number of ketones is 1. The van der Waals surface area contributed by atoms with Gasteiger partial charge in [0.1, 0.15) is 11.6 Å². The smallest absolute Gasteiger partial charge is 0.263 e. The number of rotatable bonds is 7. The number of carbonyl (C=O) groups excluding carboxylic acids is 2. The van der Waals surface area contributed by atoms with Gasteiger partial charge in [-0.2, -0.15) is 0 Å². The average Bonchev–Trinajstić information content (AvgIpc) is 2.69. The maximum Gasteiger partial charge on any atom is 0.263 e. The Morgan fingerprint density at radius 1 is 0.926 bits per heavy atom. The predicted octanol–water partition coefficient (Wildman–Crippen LogP) is 4.05. The van der Waals surface area contributed by atoms with E-state index >= 15 is 0 Å². The molecule has 1 heterocycles. The minimum atomic E-state index is -0.285. The van der Waals surface area contributed by atoms with Crippen LogP contribution in [0.4, 0.5) is 17.2 Å². The summed E-state index contributed by atoms with van der Waals surface area (Å²) >= 11 is 0. The highest BCUT2D eigenvalue weighted by atomic mass is 16.5. The summed E-state index contributed by atoms with van der Waals surface area (Å²) in [5.74, 6) is 0.816. The van der Waals surface area contributed by atoms with Gasteiger partial charge in [-0.3, -0.25) is 9.59 Å². The van der Waals surface area contributed by atoms with E-state index in [1.165, 1.54) is 6.92 Å². The van der Waals surface area contributed by atoms with Gasteiger partial charge < -0.3 is 15.4 Å². The van der Waals surface area contributed by atoms with Crippen molar-refractivity contribution in [1.29, 1.82) is 0 Å². The fourth-order valence-corrected chi connectivity index (χ4v) is 2.34. The van der Waals surface area contributed by atoms with Crippen LogP contribution in [-0.4, -0.2) is 23.3 Å².